The summed E-state index contributed by atoms with van der Waals surface area (Å²) >= 11 is 0. The number of carboxylic acids is 1. The number of rotatable bonds is 5. The van der Waals surface area contributed by atoms with Crippen molar-refractivity contribution >= 4 is 23.0 Å². The number of aryl methyl sites for hydroxylation is 1. The molecule has 7 heteroatoms. The monoisotopic (exact) mass is 277 g/mol. The van der Waals surface area contributed by atoms with Gasteiger partial charge in [-0.05, 0) is 26.3 Å². The van der Waals surface area contributed by atoms with Crippen LogP contribution in [0.4, 0.5) is 0 Å². The Bertz CT molecular complexity index is 650. The van der Waals surface area contributed by atoms with Gasteiger partial charge in [0.05, 0.1) is 16.6 Å². The van der Waals surface area contributed by atoms with Crippen molar-refractivity contribution in [3.8, 4) is 0 Å². The third-order valence-corrected chi connectivity index (χ3v) is 2.94. The molecule has 0 radical (unpaired) electrons. The van der Waals surface area contributed by atoms with Gasteiger partial charge in [0.1, 0.15) is 0 Å². The van der Waals surface area contributed by atoms with E-state index in [9.17, 15) is 9.59 Å². The van der Waals surface area contributed by atoms with Crippen molar-refractivity contribution in [3.05, 3.63) is 23.5 Å². The minimum Gasteiger partial charge on any atom is -0.481 e. The molecule has 1 amide bonds. The van der Waals surface area contributed by atoms with Crippen LogP contribution >= 0.6 is 0 Å². The van der Waals surface area contributed by atoms with Crippen molar-refractivity contribution in [2.45, 2.75) is 32.7 Å². The zero-order valence-electron chi connectivity index (χ0n) is 11.2. The maximum absolute atomic E-state index is 12.0. The molecule has 0 aliphatic carbocycles. The van der Waals surface area contributed by atoms with Crippen molar-refractivity contribution in [2.24, 2.45) is 0 Å². The van der Waals surface area contributed by atoms with Crippen LogP contribution in [0.25, 0.3) is 11.1 Å². The van der Waals surface area contributed by atoms with E-state index < -0.39 is 5.97 Å². The molecule has 1 unspecified atom stereocenters. The van der Waals surface area contributed by atoms with E-state index in [0.717, 1.165) is 0 Å². The first-order valence-electron chi connectivity index (χ1n) is 6.22. The van der Waals surface area contributed by atoms with E-state index in [1.165, 1.54) is 6.20 Å². The number of nitrogens with zero attached hydrogens (tertiary/aromatic N) is 2. The smallest absolute Gasteiger partial charge is 0.303 e. The molecule has 20 heavy (non-hydrogen) atoms. The van der Waals surface area contributed by atoms with E-state index >= 15 is 0 Å². The molecule has 0 fully saturated rings. The number of aromatic nitrogens is 2. The first-order chi connectivity index (χ1) is 9.47. The lowest BCUT2D eigenvalue weighted by atomic mass is 10.1. The Kier molecular flexibility index (Phi) is 3.97. The molecule has 2 rings (SSSR count). The highest BCUT2D eigenvalue weighted by Crippen LogP contribution is 2.16. The standard InChI is InChI=1S/C13H15N3O4/c1-7(3-4-11(17)18)15-12(19)9-5-10-8(2)16-20-13(10)14-6-9/h5-7H,3-4H2,1-2H3,(H,15,19)(H,17,18). The minimum absolute atomic E-state index is 0.0174. The SMILES string of the molecule is Cc1noc2ncc(C(=O)NC(C)CCC(=O)O)cc12. The number of nitrogens with one attached hydrogen (secondary N) is 1. The predicted octanol–water partition coefficient (Wildman–Crippen LogP) is 1.51. The number of pyridine rings is 1. The summed E-state index contributed by atoms with van der Waals surface area (Å²) in [5, 5.41) is 15.8. The van der Waals surface area contributed by atoms with Crippen LogP contribution in [-0.4, -0.2) is 33.2 Å². The number of carbonyl (C=O) groups is 2. The molecule has 0 bridgehead atoms. The van der Waals surface area contributed by atoms with E-state index in [2.05, 4.69) is 15.5 Å². The van der Waals surface area contributed by atoms with E-state index in [0.29, 0.717) is 28.8 Å². The molecule has 1 atom stereocenters. The van der Waals surface area contributed by atoms with Gasteiger partial charge in [-0.2, -0.15) is 0 Å². The second kappa shape index (κ2) is 5.68. The number of hydrogen-bond acceptors (Lipinski definition) is 5. The van der Waals surface area contributed by atoms with Gasteiger partial charge in [-0.1, -0.05) is 5.16 Å². The van der Waals surface area contributed by atoms with Gasteiger partial charge in [0.25, 0.3) is 11.6 Å². The summed E-state index contributed by atoms with van der Waals surface area (Å²) in [6.45, 7) is 3.53. The van der Waals surface area contributed by atoms with Gasteiger partial charge < -0.3 is 14.9 Å². The second-order valence-electron chi connectivity index (χ2n) is 4.65. The van der Waals surface area contributed by atoms with Gasteiger partial charge in [0.15, 0.2) is 0 Å². The summed E-state index contributed by atoms with van der Waals surface area (Å²) in [6.07, 6.45) is 1.80. The van der Waals surface area contributed by atoms with Gasteiger partial charge in [-0.3, -0.25) is 9.59 Å². The normalized spacial score (nSPS) is 12.3. The summed E-state index contributed by atoms with van der Waals surface area (Å²) < 4.78 is 4.97. The fourth-order valence-electron chi connectivity index (χ4n) is 1.79. The minimum atomic E-state index is -0.880. The van der Waals surface area contributed by atoms with Crippen LogP contribution in [0.15, 0.2) is 16.8 Å². The molecule has 2 heterocycles. The summed E-state index contributed by atoms with van der Waals surface area (Å²) in [5.74, 6) is -1.17. The van der Waals surface area contributed by atoms with Gasteiger partial charge in [0, 0.05) is 18.7 Å². The summed E-state index contributed by atoms with van der Waals surface area (Å²) in [5.41, 5.74) is 1.45. The summed E-state index contributed by atoms with van der Waals surface area (Å²) in [4.78, 5) is 26.5. The van der Waals surface area contributed by atoms with Crippen molar-refractivity contribution in [1.29, 1.82) is 0 Å². The first kappa shape index (κ1) is 14.0. The fourth-order valence-corrected chi connectivity index (χ4v) is 1.79. The van der Waals surface area contributed by atoms with E-state index in [1.807, 2.05) is 0 Å². The Morgan fingerprint density at radius 3 is 2.95 bits per heavy atom. The van der Waals surface area contributed by atoms with Gasteiger partial charge in [-0.25, -0.2) is 4.98 Å². The van der Waals surface area contributed by atoms with Crippen LogP contribution in [-0.2, 0) is 4.79 Å². The van der Waals surface area contributed by atoms with Gasteiger partial charge in [-0.15, -0.1) is 0 Å². The Labute approximate surface area is 115 Å². The predicted molar refractivity (Wildman–Crippen MR) is 70.3 cm³/mol. The molecule has 7 nitrogen and oxygen atoms in total. The van der Waals surface area contributed by atoms with E-state index in [1.54, 1.807) is 19.9 Å². The molecule has 0 aromatic carbocycles. The van der Waals surface area contributed by atoms with Crippen LogP contribution < -0.4 is 5.32 Å². The number of hydrogen-bond donors (Lipinski definition) is 2. The quantitative estimate of drug-likeness (QED) is 0.858. The molecular weight excluding hydrogens is 262 g/mol. The Morgan fingerprint density at radius 2 is 2.25 bits per heavy atom. The molecule has 2 N–H and O–H groups in total. The molecule has 2 aromatic rings. The number of carbonyl (C=O) groups excluding carboxylic acids is 1. The average molecular weight is 277 g/mol. The van der Waals surface area contributed by atoms with Gasteiger partial charge in [0.2, 0.25) is 0 Å². The Hall–Kier alpha value is -2.44. The lowest BCUT2D eigenvalue weighted by Crippen LogP contribution is -2.33. The first-order valence-corrected chi connectivity index (χ1v) is 6.22. The van der Waals surface area contributed by atoms with Crippen LogP contribution in [0.5, 0.6) is 0 Å². The van der Waals surface area contributed by atoms with Crippen LogP contribution in [0.3, 0.4) is 0 Å². The fraction of sp³-hybridized carbons (Fsp3) is 0.385. The molecule has 2 aromatic heterocycles. The molecule has 106 valence electrons. The molecule has 0 spiro atoms. The number of carboxylic acid groups (broad SMARTS) is 1. The van der Waals surface area contributed by atoms with Crippen LogP contribution in [0.2, 0.25) is 0 Å². The third-order valence-electron chi connectivity index (χ3n) is 2.94. The topological polar surface area (TPSA) is 105 Å². The maximum Gasteiger partial charge on any atom is 0.303 e. The van der Waals surface area contributed by atoms with Gasteiger partial charge >= 0.3 is 5.97 Å². The molecule has 0 saturated carbocycles. The number of aliphatic carboxylic acids is 1. The maximum atomic E-state index is 12.0. The molecule has 0 aliphatic heterocycles. The van der Waals surface area contributed by atoms with E-state index in [-0.39, 0.29) is 18.4 Å². The summed E-state index contributed by atoms with van der Waals surface area (Å²) in [6, 6.07) is 1.44. The third kappa shape index (κ3) is 3.11. The molecule has 0 aliphatic rings. The largest absolute Gasteiger partial charge is 0.481 e. The van der Waals surface area contributed by atoms with Crippen molar-refractivity contribution < 1.29 is 19.2 Å². The second-order valence-corrected chi connectivity index (χ2v) is 4.65. The summed E-state index contributed by atoms with van der Waals surface area (Å²) in [7, 11) is 0. The van der Waals surface area contributed by atoms with Crippen molar-refractivity contribution in [2.75, 3.05) is 0 Å². The highest BCUT2D eigenvalue weighted by molar-refractivity contribution is 5.97. The van der Waals surface area contributed by atoms with E-state index in [4.69, 9.17) is 9.63 Å². The number of fused-ring (bicyclic) bond motifs is 1. The average Bonchev–Trinajstić information content (AvgIpc) is 2.77. The Morgan fingerprint density at radius 1 is 1.50 bits per heavy atom. The Balaban J connectivity index is 2.07. The highest BCUT2D eigenvalue weighted by Gasteiger charge is 2.14. The lowest BCUT2D eigenvalue weighted by molar-refractivity contribution is -0.137. The molecular formula is C13H15N3O4. The van der Waals surface area contributed by atoms with Crippen LogP contribution in [0, 0.1) is 6.92 Å². The highest BCUT2D eigenvalue weighted by atomic mass is 16.5. The van der Waals surface area contributed by atoms with Crippen molar-refractivity contribution in [1.82, 2.24) is 15.5 Å². The number of amides is 1. The zero-order chi connectivity index (χ0) is 14.7. The van der Waals surface area contributed by atoms with Crippen LogP contribution in [0.1, 0.15) is 35.8 Å². The van der Waals surface area contributed by atoms with Crippen molar-refractivity contribution in [3.63, 3.8) is 0 Å². The molecule has 0 saturated heterocycles. The zero-order valence-corrected chi connectivity index (χ0v) is 11.2. The lowest BCUT2D eigenvalue weighted by Gasteiger charge is -2.12.